The number of aryl methyl sites for hydroxylation is 1. The van der Waals surface area contributed by atoms with Gasteiger partial charge in [0.15, 0.2) is 0 Å². The van der Waals surface area contributed by atoms with Crippen LogP contribution in [0.1, 0.15) is 64.2 Å². The summed E-state index contributed by atoms with van der Waals surface area (Å²) < 4.78 is 0. The number of benzene rings is 2. The molecule has 0 atom stereocenters. The van der Waals surface area contributed by atoms with Crippen LogP contribution >= 0.6 is 0 Å². The van der Waals surface area contributed by atoms with E-state index in [2.05, 4.69) is 66.0 Å². The second kappa shape index (κ2) is 14.3. The first-order chi connectivity index (χ1) is 19.1. The molecule has 2 aromatic carbocycles. The van der Waals surface area contributed by atoms with E-state index >= 15 is 0 Å². The largest absolute Gasteiger partial charge is 0.338 e. The van der Waals surface area contributed by atoms with Gasteiger partial charge in [-0.1, -0.05) is 69.3 Å². The standard InChI is InChI=1S/C32H42N6O2/c1-6-34-30(39)37-27-19-20-28(35-22-27)25-15-11-23(12-16-25)9-8-10-29(33)38(7-2)31(40)36-21-24-13-17-26(18-14-24)32(3,4)5/h11-20,22,33H,6-10,21H2,1-5H3,(H,36,40)(H2,34,37,39). The van der Waals surface area contributed by atoms with Crippen molar-refractivity contribution in [3.63, 3.8) is 0 Å². The first-order valence-electron chi connectivity index (χ1n) is 13.9. The Morgan fingerprint density at radius 1 is 0.900 bits per heavy atom. The maximum Gasteiger partial charge on any atom is 0.323 e. The molecule has 1 heterocycles. The number of nitrogens with zero attached hydrogens (tertiary/aromatic N) is 2. The van der Waals surface area contributed by atoms with Crippen LogP contribution in [0.4, 0.5) is 15.3 Å². The number of carbonyl (C=O) groups excluding carboxylic acids is 2. The molecule has 4 amide bonds. The second-order valence-corrected chi connectivity index (χ2v) is 10.8. The second-order valence-electron chi connectivity index (χ2n) is 10.8. The third-order valence-electron chi connectivity index (χ3n) is 6.64. The Balaban J connectivity index is 1.45. The van der Waals surface area contributed by atoms with Crippen LogP contribution in [0, 0.1) is 5.41 Å². The van der Waals surface area contributed by atoms with Crippen molar-refractivity contribution in [2.75, 3.05) is 18.4 Å². The van der Waals surface area contributed by atoms with Gasteiger partial charge in [0.25, 0.3) is 0 Å². The summed E-state index contributed by atoms with van der Waals surface area (Å²) in [5, 5.41) is 16.9. The van der Waals surface area contributed by atoms with E-state index in [9.17, 15) is 9.59 Å². The fraction of sp³-hybridized carbons (Fsp3) is 0.375. The van der Waals surface area contributed by atoms with Crippen LogP contribution in [-0.4, -0.2) is 40.9 Å². The van der Waals surface area contributed by atoms with E-state index in [4.69, 9.17) is 5.41 Å². The molecule has 3 rings (SSSR count). The van der Waals surface area contributed by atoms with Gasteiger partial charge in [0.1, 0.15) is 5.84 Å². The van der Waals surface area contributed by atoms with Crippen molar-refractivity contribution in [3.8, 4) is 11.3 Å². The zero-order valence-corrected chi connectivity index (χ0v) is 24.3. The average Bonchev–Trinajstić information content (AvgIpc) is 2.93. The topological polar surface area (TPSA) is 110 Å². The quantitative estimate of drug-likeness (QED) is 0.169. The number of urea groups is 2. The van der Waals surface area contributed by atoms with Gasteiger partial charge in [0, 0.05) is 31.6 Å². The molecule has 0 bridgehead atoms. The normalized spacial score (nSPS) is 11.0. The van der Waals surface area contributed by atoms with Crippen LogP contribution in [-0.2, 0) is 18.4 Å². The van der Waals surface area contributed by atoms with E-state index in [-0.39, 0.29) is 17.5 Å². The van der Waals surface area contributed by atoms with E-state index < -0.39 is 0 Å². The summed E-state index contributed by atoms with van der Waals surface area (Å²) in [6.45, 7) is 11.7. The number of amides is 4. The van der Waals surface area contributed by atoms with Gasteiger partial charge in [0.05, 0.1) is 17.6 Å². The maximum atomic E-state index is 12.8. The third kappa shape index (κ3) is 8.93. The van der Waals surface area contributed by atoms with Gasteiger partial charge in [-0.2, -0.15) is 0 Å². The highest BCUT2D eigenvalue weighted by atomic mass is 16.2. The fourth-order valence-electron chi connectivity index (χ4n) is 4.26. The minimum absolute atomic E-state index is 0.0919. The highest BCUT2D eigenvalue weighted by Gasteiger charge is 2.17. The van der Waals surface area contributed by atoms with Crippen LogP contribution in [0.3, 0.4) is 0 Å². The van der Waals surface area contributed by atoms with E-state index in [1.807, 2.05) is 50.2 Å². The lowest BCUT2D eigenvalue weighted by molar-refractivity contribution is 0.220. The van der Waals surface area contributed by atoms with Crippen molar-refractivity contribution in [1.29, 1.82) is 5.41 Å². The Morgan fingerprint density at radius 3 is 2.15 bits per heavy atom. The molecule has 1 aromatic heterocycles. The first-order valence-corrected chi connectivity index (χ1v) is 13.9. The van der Waals surface area contributed by atoms with E-state index in [0.29, 0.717) is 37.6 Å². The molecule has 0 saturated carbocycles. The Kier molecular flexibility index (Phi) is 10.8. The molecule has 0 saturated heterocycles. The number of rotatable bonds is 10. The van der Waals surface area contributed by atoms with Crippen LogP contribution in [0.15, 0.2) is 66.9 Å². The van der Waals surface area contributed by atoms with E-state index in [1.165, 1.54) is 10.5 Å². The molecule has 0 radical (unpaired) electrons. The average molecular weight is 543 g/mol. The van der Waals surface area contributed by atoms with Gasteiger partial charge >= 0.3 is 12.1 Å². The van der Waals surface area contributed by atoms with Crippen LogP contribution < -0.4 is 16.0 Å². The first kappa shape index (κ1) is 30.3. The number of amidine groups is 1. The molecule has 212 valence electrons. The van der Waals surface area contributed by atoms with Crippen LogP contribution in [0.5, 0.6) is 0 Å². The summed E-state index contributed by atoms with van der Waals surface area (Å²) >= 11 is 0. The summed E-state index contributed by atoms with van der Waals surface area (Å²) in [6, 6.07) is 19.7. The molecule has 3 aromatic rings. The molecule has 8 nitrogen and oxygen atoms in total. The van der Waals surface area contributed by atoms with Gasteiger partial charge in [-0.25, -0.2) is 9.59 Å². The molecule has 0 fully saturated rings. The number of hydrogen-bond acceptors (Lipinski definition) is 4. The number of aromatic nitrogens is 1. The predicted molar refractivity (Wildman–Crippen MR) is 163 cm³/mol. The van der Waals surface area contributed by atoms with Gasteiger partial charge in [-0.3, -0.25) is 15.3 Å². The molecule has 0 aliphatic heterocycles. The Morgan fingerprint density at radius 2 is 1.57 bits per heavy atom. The molecule has 0 aliphatic rings. The minimum atomic E-state index is -0.251. The maximum absolute atomic E-state index is 12.8. The number of carbonyl (C=O) groups is 2. The monoisotopic (exact) mass is 542 g/mol. The Bertz CT molecular complexity index is 1260. The smallest absolute Gasteiger partial charge is 0.323 e. The number of anilines is 1. The predicted octanol–water partition coefficient (Wildman–Crippen LogP) is 6.72. The van der Waals surface area contributed by atoms with Gasteiger partial charge in [-0.15, -0.1) is 0 Å². The Hall–Kier alpha value is -4.20. The van der Waals surface area contributed by atoms with Gasteiger partial charge in [-0.05, 0) is 60.9 Å². The van der Waals surface area contributed by atoms with E-state index in [1.54, 1.807) is 6.20 Å². The SMILES string of the molecule is CCNC(=O)Nc1ccc(-c2ccc(CCCC(=N)N(CC)C(=O)NCc3ccc(C(C)(C)C)cc3)cc2)nc1. The number of hydrogen-bond donors (Lipinski definition) is 4. The highest BCUT2D eigenvalue weighted by Crippen LogP contribution is 2.22. The summed E-state index contributed by atoms with van der Waals surface area (Å²) in [5.41, 5.74) is 6.00. The zero-order valence-electron chi connectivity index (χ0n) is 24.3. The lowest BCUT2D eigenvalue weighted by Crippen LogP contribution is -2.43. The minimum Gasteiger partial charge on any atom is -0.338 e. The highest BCUT2D eigenvalue weighted by molar-refractivity contribution is 5.95. The molecule has 0 spiro atoms. The fourth-order valence-corrected chi connectivity index (χ4v) is 4.26. The molecule has 8 heteroatoms. The summed E-state index contributed by atoms with van der Waals surface area (Å²) in [5.74, 6) is 0.324. The molecule has 40 heavy (non-hydrogen) atoms. The van der Waals surface area contributed by atoms with Crippen molar-refractivity contribution in [2.24, 2.45) is 0 Å². The zero-order chi connectivity index (χ0) is 29.1. The molecule has 0 aliphatic carbocycles. The summed E-state index contributed by atoms with van der Waals surface area (Å²) in [6.07, 6.45) is 3.74. The van der Waals surface area contributed by atoms with Crippen molar-refractivity contribution < 1.29 is 9.59 Å². The molecule has 4 N–H and O–H groups in total. The van der Waals surface area contributed by atoms with Crippen molar-refractivity contribution in [3.05, 3.63) is 83.6 Å². The van der Waals surface area contributed by atoms with Crippen molar-refractivity contribution >= 4 is 23.6 Å². The number of nitrogens with one attached hydrogen (secondary N) is 4. The Labute approximate surface area is 238 Å². The lowest BCUT2D eigenvalue weighted by Gasteiger charge is -2.22. The molecule has 0 unspecified atom stereocenters. The van der Waals surface area contributed by atoms with E-state index in [0.717, 1.165) is 35.2 Å². The van der Waals surface area contributed by atoms with Crippen molar-refractivity contribution in [2.45, 2.75) is 65.8 Å². The van der Waals surface area contributed by atoms with Crippen molar-refractivity contribution in [1.82, 2.24) is 20.5 Å². The molecular weight excluding hydrogens is 500 g/mol. The van der Waals surface area contributed by atoms with Crippen LogP contribution in [0.2, 0.25) is 0 Å². The summed E-state index contributed by atoms with van der Waals surface area (Å²) in [7, 11) is 0. The number of pyridine rings is 1. The third-order valence-corrected chi connectivity index (χ3v) is 6.64. The van der Waals surface area contributed by atoms with Crippen LogP contribution in [0.25, 0.3) is 11.3 Å². The molecular formula is C32H42N6O2. The van der Waals surface area contributed by atoms with Gasteiger partial charge in [0.2, 0.25) is 0 Å². The summed E-state index contributed by atoms with van der Waals surface area (Å²) in [4.78, 5) is 30.4. The lowest BCUT2D eigenvalue weighted by atomic mass is 9.87. The van der Waals surface area contributed by atoms with Gasteiger partial charge < -0.3 is 16.0 Å².